The molecule has 0 aliphatic heterocycles. The monoisotopic (exact) mass is 401 g/mol. The molecule has 1 aromatic carbocycles. The number of aryl methyl sites for hydroxylation is 3. The Morgan fingerprint density at radius 2 is 2.03 bits per heavy atom. The van der Waals surface area contributed by atoms with E-state index in [2.05, 4.69) is 31.6 Å². The van der Waals surface area contributed by atoms with Gasteiger partial charge in [0.05, 0.1) is 11.9 Å². The molecule has 9 heteroatoms. The first-order valence-corrected chi connectivity index (χ1v) is 9.41. The molecule has 4 aromatic rings. The van der Waals surface area contributed by atoms with E-state index in [1.54, 1.807) is 17.5 Å². The zero-order chi connectivity index (χ0) is 21.3. The quantitative estimate of drug-likeness (QED) is 0.545. The molecule has 3 aromatic heterocycles. The third kappa shape index (κ3) is 3.51. The number of carbonyl (C=O) groups excluding carboxylic acids is 1. The van der Waals surface area contributed by atoms with Crippen molar-refractivity contribution in [2.75, 3.05) is 5.32 Å². The van der Waals surface area contributed by atoms with Gasteiger partial charge in [-0.3, -0.25) is 4.79 Å². The Balaban J connectivity index is 1.52. The maximum absolute atomic E-state index is 12.6. The number of anilines is 1. The number of nitrogens with zero attached hydrogens (tertiary/aromatic N) is 6. The van der Waals surface area contributed by atoms with Gasteiger partial charge in [0.2, 0.25) is 17.6 Å². The van der Waals surface area contributed by atoms with Gasteiger partial charge in [-0.05, 0) is 38.0 Å². The highest BCUT2D eigenvalue weighted by Crippen LogP contribution is 2.26. The number of carbonyl (C=O) groups is 1. The number of hydrogen-bond acceptors (Lipinski definition) is 7. The number of nitriles is 1. The van der Waals surface area contributed by atoms with Crippen LogP contribution in [0.15, 0.2) is 35.0 Å². The average Bonchev–Trinajstić information content (AvgIpc) is 3.34. The van der Waals surface area contributed by atoms with Gasteiger partial charge in [-0.15, -0.1) is 0 Å². The number of rotatable bonds is 5. The molecule has 150 valence electrons. The third-order valence-corrected chi connectivity index (χ3v) is 4.90. The normalized spacial score (nSPS) is 10.9. The molecule has 9 nitrogen and oxygen atoms in total. The molecule has 4 rings (SSSR count). The van der Waals surface area contributed by atoms with E-state index in [9.17, 15) is 10.1 Å². The van der Waals surface area contributed by atoms with E-state index in [1.807, 2.05) is 32.0 Å². The molecule has 0 aliphatic rings. The van der Waals surface area contributed by atoms with Crippen molar-refractivity contribution in [1.29, 1.82) is 5.26 Å². The van der Waals surface area contributed by atoms with Crippen LogP contribution in [0, 0.1) is 32.1 Å². The zero-order valence-corrected chi connectivity index (χ0v) is 16.8. The maximum atomic E-state index is 12.6. The van der Waals surface area contributed by atoms with Crippen molar-refractivity contribution in [1.82, 2.24) is 24.7 Å². The molecule has 30 heavy (non-hydrogen) atoms. The van der Waals surface area contributed by atoms with Gasteiger partial charge in [0, 0.05) is 30.3 Å². The molecule has 0 saturated heterocycles. The molecule has 0 atom stereocenters. The fraction of sp³-hybridized carbons (Fsp3) is 0.238. The molecule has 0 aliphatic carbocycles. The van der Waals surface area contributed by atoms with Crippen molar-refractivity contribution in [2.45, 2.75) is 33.6 Å². The van der Waals surface area contributed by atoms with E-state index in [0.29, 0.717) is 40.6 Å². The molecular weight excluding hydrogens is 382 g/mol. The van der Waals surface area contributed by atoms with Crippen molar-refractivity contribution < 1.29 is 9.32 Å². The molecule has 0 radical (unpaired) electrons. The van der Waals surface area contributed by atoms with E-state index < -0.39 is 0 Å². The van der Waals surface area contributed by atoms with Crippen molar-refractivity contribution in [2.24, 2.45) is 0 Å². The molecule has 3 heterocycles. The summed E-state index contributed by atoms with van der Waals surface area (Å²) in [6.07, 6.45) is 2.26. The second kappa shape index (κ2) is 7.75. The fourth-order valence-electron chi connectivity index (χ4n) is 3.40. The first kappa shape index (κ1) is 19.3. The Hall–Kier alpha value is -4.06. The lowest BCUT2D eigenvalue weighted by Gasteiger charge is -2.12. The Labute approximate surface area is 172 Å². The van der Waals surface area contributed by atoms with Crippen LogP contribution in [-0.4, -0.2) is 30.6 Å². The second-order valence-electron chi connectivity index (χ2n) is 6.90. The van der Waals surface area contributed by atoms with Crippen LogP contribution in [0.2, 0.25) is 0 Å². The van der Waals surface area contributed by atoms with Crippen molar-refractivity contribution >= 4 is 17.2 Å². The van der Waals surface area contributed by atoms with E-state index in [-0.39, 0.29) is 12.3 Å². The zero-order valence-electron chi connectivity index (χ0n) is 16.8. The summed E-state index contributed by atoms with van der Waals surface area (Å²) >= 11 is 0. The topological polar surface area (TPSA) is 122 Å². The van der Waals surface area contributed by atoms with Gasteiger partial charge < -0.3 is 9.84 Å². The smallest absolute Gasteiger partial charge is 0.224 e. The first-order valence-electron chi connectivity index (χ1n) is 9.41. The van der Waals surface area contributed by atoms with Crippen LogP contribution < -0.4 is 5.32 Å². The van der Waals surface area contributed by atoms with Crippen LogP contribution >= 0.6 is 0 Å². The largest absolute Gasteiger partial charge is 0.339 e. The Morgan fingerprint density at radius 3 is 2.77 bits per heavy atom. The number of fused-ring (bicyclic) bond motifs is 1. The average molecular weight is 401 g/mol. The van der Waals surface area contributed by atoms with Crippen LogP contribution in [0.3, 0.4) is 0 Å². The van der Waals surface area contributed by atoms with Crippen molar-refractivity contribution in [3.8, 4) is 17.5 Å². The van der Waals surface area contributed by atoms with Gasteiger partial charge in [-0.2, -0.15) is 15.3 Å². The minimum atomic E-state index is -0.139. The molecule has 0 fully saturated rings. The lowest BCUT2D eigenvalue weighted by molar-refractivity contribution is -0.116. The summed E-state index contributed by atoms with van der Waals surface area (Å²) < 4.78 is 6.69. The summed E-state index contributed by atoms with van der Waals surface area (Å²) in [5, 5.41) is 20.3. The number of amides is 1. The summed E-state index contributed by atoms with van der Waals surface area (Å²) in [4.78, 5) is 21.4. The SMILES string of the molecule is Cc1nc(-c2ccccc2NC(=O)CCc2c(C)nc3c(C#N)cnn3c2C)no1. The standard InChI is InChI=1S/C21H19N7O2/c1-12-16(13(2)28-21(24-12)15(10-22)11-23-28)8-9-19(29)26-18-7-5-4-6-17(18)20-25-14(3)30-27-20/h4-7,11H,8-9H2,1-3H3,(H,26,29). The van der Waals surface area contributed by atoms with Crippen LogP contribution in [-0.2, 0) is 11.2 Å². The predicted molar refractivity (Wildman–Crippen MR) is 109 cm³/mol. The summed E-state index contributed by atoms with van der Waals surface area (Å²) in [6, 6.07) is 9.41. The Kier molecular flexibility index (Phi) is 4.98. The van der Waals surface area contributed by atoms with Crippen LogP contribution in [0.4, 0.5) is 5.69 Å². The summed E-state index contributed by atoms with van der Waals surface area (Å²) in [7, 11) is 0. The van der Waals surface area contributed by atoms with Crippen molar-refractivity contribution in [3.63, 3.8) is 0 Å². The van der Waals surface area contributed by atoms with Gasteiger partial charge in [0.1, 0.15) is 11.6 Å². The second-order valence-corrected chi connectivity index (χ2v) is 6.90. The van der Waals surface area contributed by atoms with Gasteiger partial charge >= 0.3 is 0 Å². The molecule has 1 N–H and O–H groups in total. The van der Waals surface area contributed by atoms with E-state index >= 15 is 0 Å². The van der Waals surface area contributed by atoms with E-state index in [1.165, 1.54) is 6.20 Å². The lowest BCUT2D eigenvalue weighted by atomic mass is 10.1. The number of nitrogens with one attached hydrogen (secondary N) is 1. The van der Waals surface area contributed by atoms with Gasteiger partial charge in [0.15, 0.2) is 5.65 Å². The molecule has 0 bridgehead atoms. The van der Waals surface area contributed by atoms with Gasteiger partial charge in [-0.25, -0.2) is 9.50 Å². The van der Waals surface area contributed by atoms with Crippen LogP contribution in [0.1, 0.15) is 34.8 Å². The number of benzene rings is 1. The number of para-hydroxylation sites is 1. The molecule has 0 saturated carbocycles. The Bertz CT molecular complexity index is 1300. The highest BCUT2D eigenvalue weighted by Gasteiger charge is 2.16. The maximum Gasteiger partial charge on any atom is 0.224 e. The summed E-state index contributed by atoms with van der Waals surface area (Å²) in [6.45, 7) is 5.51. The highest BCUT2D eigenvalue weighted by molar-refractivity contribution is 5.94. The number of aromatic nitrogens is 5. The van der Waals surface area contributed by atoms with E-state index in [0.717, 1.165) is 17.0 Å². The summed E-state index contributed by atoms with van der Waals surface area (Å²) in [5.41, 5.74) is 4.87. The minimum Gasteiger partial charge on any atom is -0.339 e. The van der Waals surface area contributed by atoms with Crippen LogP contribution in [0.5, 0.6) is 0 Å². The van der Waals surface area contributed by atoms with Gasteiger partial charge in [0.25, 0.3) is 0 Å². The summed E-state index contributed by atoms with van der Waals surface area (Å²) in [5.74, 6) is 0.745. The van der Waals surface area contributed by atoms with Crippen molar-refractivity contribution in [3.05, 3.63) is 58.9 Å². The number of hydrogen-bond donors (Lipinski definition) is 1. The lowest BCUT2D eigenvalue weighted by Crippen LogP contribution is -2.15. The van der Waals surface area contributed by atoms with Gasteiger partial charge in [-0.1, -0.05) is 17.3 Å². The molecule has 0 spiro atoms. The van der Waals surface area contributed by atoms with Crippen LogP contribution in [0.25, 0.3) is 17.0 Å². The third-order valence-electron chi connectivity index (χ3n) is 4.90. The Morgan fingerprint density at radius 1 is 1.23 bits per heavy atom. The first-order chi connectivity index (χ1) is 14.5. The predicted octanol–water partition coefficient (Wildman–Crippen LogP) is 3.15. The molecule has 1 amide bonds. The minimum absolute atomic E-state index is 0.139. The fourth-order valence-corrected chi connectivity index (χ4v) is 3.40. The van der Waals surface area contributed by atoms with E-state index in [4.69, 9.17) is 4.52 Å². The highest BCUT2D eigenvalue weighted by atomic mass is 16.5. The molecular formula is C21H19N7O2. The molecule has 0 unspecified atom stereocenters.